The van der Waals surface area contributed by atoms with E-state index in [1.165, 1.54) is 31.2 Å². The average molecular weight is 291 g/mol. The molecular formula is C19H21N3. The van der Waals surface area contributed by atoms with Crippen molar-refractivity contribution in [1.82, 2.24) is 4.90 Å². The fourth-order valence-corrected chi connectivity index (χ4v) is 2.68. The van der Waals surface area contributed by atoms with Gasteiger partial charge in [0.2, 0.25) is 0 Å². The summed E-state index contributed by atoms with van der Waals surface area (Å²) in [4.78, 5) is 2.38. The van der Waals surface area contributed by atoms with Crippen LogP contribution >= 0.6 is 0 Å². The lowest BCUT2D eigenvalue weighted by atomic mass is 10.1. The topological polar surface area (TPSA) is 50.8 Å². The lowest BCUT2D eigenvalue weighted by Crippen LogP contribution is -2.23. The van der Waals surface area contributed by atoms with E-state index >= 15 is 0 Å². The monoisotopic (exact) mass is 291 g/mol. The Morgan fingerprint density at radius 2 is 1.55 bits per heavy atom. The molecule has 1 fully saturated rings. The van der Waals surface area contributed by atoms with E-state index in [2.05, 4.69) is 36.1 Å². The molecule has 1 saturated heterocycles. The molecule has 1 aromatic rings. The summed E-state index contributed by atoms with van der Waals surface area (Å²) in [7, 11) is 0. The fourth-order valence-electron chi connectivity index (χ4n) is 2.68. The predicted molar refractivity (Wildman–Crippen MR) is 88.5 cm³/mol. The maximum absolute atomic E-state index is 8.92. The molecule has 0 radical (unpaired) electrons. The first-order chi connectivity index (χ1) is 10.7. The number of aryl methyl sites for hydroxylation is 1. The standard InChI is InChI=1S/C19H21N3/c1-16-6-9-18(10-7-16)19(11-8-17(14-20)15-21)22-12-4-2-3-5-13-22/h6-11H,2-5,12-13H2,1H3/b19-11-. The summed E-state index contributed by atoms with van der Waals surface area (Å²) >= 11 is 0. The highest BCUT2D eigenvalue weighted by atomic mass is 15.1. The van der Waals surface area contributed by atoms with Crippen molar-refractivity contribution in [2.45, 2.75) is 32.6 Å². The lowest BCUT2D eigenvalue weighted by Gasteiger charge is -2.26. The number of benzene rings is 1. The second-order valence-electron chi connectivity index (χ2n) is 5.62. The van der Waals surface area contributed by atoms with Crippen molar-refractivity contribution in [2.24, 2.45) is 0 Å². The van der Waals surface area contributed by atoms with Gasteiger partial charge < -0.3 is 4.90 Å². The third-order valence-corrected chi connectivity index (χ3v) is 3.94. The zero-order valence-corrected chi connectivity index (χ0v) is 13.0. The largest absolute Gasteiger partial charge is 0.371 e. The van der Waals surface area contributed by atoms with E-state index in [1.807, 2.05) is 18.2 Å². The molecule has 0 aromatic heterocycles. The second kappa shape index (κ2) is 8.05. The maximum Gasteiger partial charge on any atom is 0.129 e. The van der Waals surface area contributed by atoms with Gasteiger partial charge in [-0.25, -0.2) is 0 Å². The molecule has 0 saturated carbocycles. The number of nitrogens with zero attached hydrogens (tertiary/aromatic N) is 3. The molecule has 112 valence electrons. The Kier molecular flexibility index (Phi) is 5.81. The van der Waals surface area contributed by atoms with Crippen LogP contribution < -0.4 is 0 Å². The molecule has 3 heteroatoms. The molecule has 22 heavy (non-hydrogen) atoms. The summed E-state index contributed by atoms with van der Waals surface area (Å²) in [6.45, 7) is 4.13. The van der Waals surface area contributed by atoms with Gasteiger partial charge in [-0.3, -0.25) is 0 Å². The van der Waals surface area contributed by atoms with Crippen LogP contribution in [0.15, 0.2) is 42.0 Å². The number of likely N-dealkylation sites (tertiary alicyclic amines) is 1. The van der Waals surface area contributed by atoms with Gasteiger partial charge in [-0.2, -0.15) is 10.5 Å². The van der Waals surface area contributed by atoms with Crippen LogP contribution in [0.1, 0.15) is 36.8 Å². The molecule has 1 heterocycles. The van der Waals surface area contributed by atoms with Crippen molar-refractivity contribution < 1.29 is 0 Å². The van der Waals surface area contributed by atoms with Crippen molar-refractivity contribution in [1.29, 1.82) is 10.5 Å². The van der Waals surface area contributed by atoms with Gasteiger partial charge in [-0.15, -0.1) is 0 Å². The molecule has 0 unspecified atom stereocenters. The van der Waals surface area contributed by atoms with Crippen LogP contribution in [0.5, 0.6) is 0 Å². The fraction of sp³-hybridized carbons (Fsp3) is 0.368. The highest BCUT2D eigenvalue weighted by Gasteiger charge is 2.13. The van der Waals surface area contributed by atoms with Gasteiger partial charge in [0.15, 0.2) is 0 Å². The van der Waals surface area contributed by atoms with Crippen molar-refractivity contribution in [2.75, 3.05) is 13.1 Å². The van der Waals surface area contributed by atoms with Gasteiger partial charge in [0.1, 0.15) is 17.7 Å². The number of rotatable bonds is 3. The highest BCUT2D eigenvalue weighted by molar-refractivity contribution is 5.66. The molecule has 1 aliphatic heterocycles. The predicted octanol–water partition coefficient (Wildman–Crippen LogP) is 4.19. The zero-order valence-electron chi connectivity index (χ0n) is 13.0. The number of hydrogen-bond donors (Lipinski definition) is 0. The molecule has 0 aliphatic carbocycles. The Hall–Kier alpha value is -2.52. The van der Waals surface area contributed by atoms with Gasteiger partial charge in [0.25, 0.3) is 0 Å². The van der Waals surface area contributed by atoms with E-state index in [-0.39, 0.29) is 5.57 Å². The summed E-state index contributed by atoms with van der Waals surface area (Å²) in [6.07, 6.45) is 8.47. The summed E-state index contributed by atoms with van der Waals surface area (Å²) in [5, 5.41) is 17.8. The second-order valence-corrected chi connectivity index (χ2v) is 5.62. The van der Waals surface area contributed by atoms with Crippen LogP contribution in [-0.4, -0.2) is 18.0 Å². The molecule has 0 spiro atoms. The molecule has 1 aliphatic rings. The van der Waals surface area contributed by atoms with E-state index in [0.29, 0.717) is 0 Å². The van der Waals surface area contributed by atoms with Gasteiger partial charge in [-0.05, 0) is 37.5 Å². The Balaban J connectivity index is 2.37. The third kappa shape index (κ3) is 4.24. The number of nitriles is 2. The summed E-state index contributed by atoms with van der Waals surface area (Å²) in [5.41, 5.74) is 3.60. The molecule has 0 N–H and O–H groups in total. The summed E-state index contributed by atoms with van der Waals surface area (Å²) < 4.78 is 0. The molecular weight excluding hydrogens is 270 g/mol. The first-order valence-corrected chi connectivity index (χ1v) is 7.79. The lowest BCUT2D eigenvalue weighted by molar-refractivity contribution is 0.413. The number of hydrogen-bond acceptors (Lipinski definition) is 3. The van der Waals surface area contributed by atoms with E-state index in [4.69, 9.17) is 10.5 Å². The zero-order chi connectivity index (χ0) is 15.8. The van der Waals surface area contributed by atoms with Gasteiger partial charge in [0, 0.05) is 18.8 Å². The molecule has 1 aromatic carbocycles. The van der Waals surface area contributed by atoms with Gasteiger partial charge >= 0.3 is 0 Å². The van der Waals surface area contributed by atoms with Crippen LogP contribution in [0, 0.1) is 29.6 Å². The highest BCUT2D eigenvalue weighted by Crippen LogP contribution is 2.24. The minimum Gasteiger partial charge on any atom is -0.371 e. The van der Waals surface area contributed by atoms with Crippen LogP contribution in [0.2, 0.25) is 0 Å². The van der Waals surface area contributed by atoms with E-state index in [9.17, 15) is 0 Å². The van der Waals surface area contributed by atoms with Crippen LogP contribution in [-0.2, 0) is 0 Å². The van der Waals surface area contributed by atoms with E-state index < -0.39 is 0 Å². The maximum atomic E-state index is 8.92. The third-order valence-electron chi connectivity index (χ3n) is 3.94. The molecule has 3 nitrogen and oxygen atoms in total. The summed E-state index contributed by atoms with van der Waals surface area (Å²) in [5.74, 6) is 0. The molecule has 0 atom stereocenters. The minimum absolute atomic E-state index is 0.138. The van der Waals surface area contributed by atoms with Crippen LogP contribution in [0.25, 0.3) is 5.70 Å². The van der Waals surface area contributed by atoms with Crippen molar-refractivity contribution in [3.05, 3.63) is 53.1 Å². The van der Waals surface area contributed by atoms with Crippen LogP contribution in [0.4, 0.5) is 0 Å². The smallest absolute Gasteiger partial charge is 0.129 e. The SMILES string of the molecule is Cc1ccc(/C(=C/C=C(C#N)C#N)N2CCCCCC2)cc1. The molecule has 0 bridgehead atoms. The quantitative estimate of drug-likeness (QED) is 0.620. The normalized spacial score (nSPS) is 15.4. The summed E-state index contributed by atoms with van der Waals surface area (Å²) in [6, 6.07) is 12.3. The first kappa shape index (κ1) is 15.9. The Labute approximate surface area is 132 Å². The van der Waals surface area contributed by atoms with Gasteiger partial charge in [-0.1, -0.05) is 42.7 Å². The first-order valence-electron chi connectivity index (χ1n) is 7.79. The van der Waals surface area contributed by atoms with Crippen LogP contribution in [0.3, 0.4) is 0 Å². The number of allylic oxidation sites excluding steroid dienone is 3. The Morgan fingerprint density at radius 1 is 0.955 bits per heavy atom. The molecule has 2 rings (SSSR count). The van der Waals surface area contributed by atoms with E-state index in [0.717, 1.165) is 24.4 Å². The van der Waals surface area contributed by atoms with Crippen molar-refractivity contribution in [3.63, 3.8) is 0 Å². The van der Waals surface area contributed by atoms with E-state index in [1.54, 1.807) is 6.08 Å². The Morgan fingerprint density at radius 3 is 2.09 bits per heavy atom. The Bertz CT molecular complexity index is 615. The van der Waals surface area contributed by atoms with Crippen molar-refractivity contribution in [3.8, 4) is 12.1 Å². The molecule has 0 amide bonds. The average Bonchev–Trinajstić information content (AvgIpc) is 2.82. The van der Waals surface area contributed by atoms with Gasteiger partial charge in [0.05, 0.1) is 0 Å². The van der Waals surface area contributed by atoms with Crippen molar-refractivity contribution >= 4 is 5.70 Å². The minimum atomic E-state index is 0.138.